The van der Waals surface area contributed by atoms with Crippen LogP contribution in [0, 0.1) is 0 Å². The summed E-state index contributed by atoms with van der Waals surface area (Å²) in [5.74, 6) is -4.78. The van der Waals surface area contributed by atoms with E-state index in [-0.39, 0.29) is 43.7 Å². The molecule has 15 N–H and O–H groups in total. The van der Waals surface area contributed by atoms with E-state index in [2.05, 4.69) is 29.4 Å². The Morgan fingerprint density at radius 3 is 1.70 bits per heavy atom. The number of anilines is 2. The molecule has 8 atom stereocenters. The van der Waals surface area contributed by atoms with Gasteiger partial charge in [0.25, 0.3) is 11.7 Å². The number of aromatic amines is 1. The van der Waals surface area contributed by atoms with Crippen LogP contribution >= 0.6 is 0 Å². The van der Waals surface area contributed by atoms with Crippen LogP contribution in [0.1, 0.15) is 41.2 Å². The second-order valence-corrected chi connectivity index (χ2v) is 18.6. The molecule has 0 aliphatic carbocycles. The van der Waals surface area contributed by atoms with E-state index in [0.29, 0.717) is 55.6 Å². The predicted octanol–water partition coefficient (Wildman–Crippen LogP) is -1.73. The maximum atomic E-state index is 13.5. The highest BCUT2D eigenvalue weighted by Gasteiger charge is 2.38. The maximum absolute atomic E-state index is 13.5. The fourth-order valence-electron chi connectivity index (χ4n) is 8.38. The molecule has 2 amide bonds. The number of imidazole rings is 1. The highest BCUT2D eigenvalue weighted by molar-refractivity contribution is 5.97. The van der Waals surface area contributed by atoms with E-state index in [1.807, 2.05) is 74.5 Å². The Morgan fingerprint density at radius 2 is 1.25 bits per heavy atom. The molecular formula is C52H65F6N9O16. The van der Waals surface area contributed by atoms with Gasteiger partial charge in [0.2, 0.25) is 6.41 Å². The molecule has 0 fully saturated rings. The van der Waals surface area contributed by atoms with Crippen molar-refractivity contribution in [1.29, 1.82) is 0 Å². The van der Waals surface area contributed by atoms with Gasteiger partial charge >= 0.3 is 18.3 Å². The Labute approximate surface area is 468 Å². The summed E-state index contributed by atoms with van der Waals surface area (Å²) < 4.78 is 67.5. The molecular weight excluding hydrogens is 1120 g/mol. The Bertz CT molecular complexity index is 3010. The van der Waals surface area contributed by atoms with Gasteiger partial charge in [-0.3, -0.25) is 19.4 Å². The number of aromatic nitrogens is 5. The Hall–Kier alpha value is -7.43. The summed E-state index contributed by atoms with van der Waals surface area (Å²) in [5.41, 5.74) is 13.3. The average Bonchev–Trinajstić information content (AvgIpc) is 2.36. The number of hydrogen-bond acceptors (Lipinski definition) is 19. The molecule has 31 heteroatoms. The first-order valence-electron chi connectivity index (χ1n) is 25.3. The molecule has 3 aromatic carbocycles. The van der Waals surface area contributed by atoms with Gasteiger partial charge in [-0.05, 0) is 67.1 Å². The zero-order valence-electron chi connectivity index (χ0n) is 44.5. The number of aliphatic carboxylic acids is 2. The second kappa shape index (κ2) is 30.7. The quantitative estimate of drug-likeness (QED) is 0.0163. The lowest BCUT2D eigenvalue weighted by atomic mass is 10.00. The maximum Gasteiger partial charge on any atom is 0.490 e. The molecule has 456 valence electrons. The molecule has 3 aromatic heterocycles. The first kappa shape index (κ1) is 68.1. The third-order valence-electron chi connectivity index (χ3n) is 12.8. The summed E-state index contributed by atoms with van der Waals surface area (Å²) in [5, 5.41) is 119. The second-order valence-electron chi connectivity index (χ2n) is 18.6. The Kier molecular flexibility index (Phi) is 25.2. The molecule has 0 unspecified atom stereocenters. The van der Waals surface area contributed by atoms with Gasteiger partial charge in [0, 0.05) is 44.0 Å². The fourth-order valence-corrected chi connectivity index (χ4v) is 8.38. The van der Waals surface area contributed by atoms with Crippen molar-refractivity contribution >= 4 is 58.1 Å². The number of carbonyl (C=O) groups excluding carboxylic acids is 3. The number of halogens is 6. The van der Waals surface area contributed by atoms with E-state index >= 15 is 0 Å². The van der Waals surface area contributed by atoms with Crippen molar-refractivity contribution in [3.8, 4) is 11.1 Å². The smallest absolute Gasteiger partial charge is 0.490 e. The number of nitrogens with one attached hydrogen (secondary N) is 2. The van der Waals surface area contributed by atoms with Gasteiger partial charge in [0.15, 0.2) is 28.3 Å². The third kappa shape index (κ3) is 18.8. The molecule has 0 radical (unpaired) electrons. The van der Waals surface area contributed by atoms with E-state index < -0.39 is 86.3 Å². The Morgan fingerprint density at radius 1 is 0.759 bits per heavy atom. The predicted molar refractivity (Wildman–Crippen MR) is 279 cm³/mol. The van der Waals surface area contributed by atoms with Gasteiger partial charge < -0.3 is 82.1 Å². The van der Waals surface area contributed by atoms with Crippen molar-refractivity contribution in [3.63, 3.8) is 0 Å². The van der Waals surface area contributed by atoms with Crippen LogP contribution < -0.4 is 25.6 Å². The molecule has 83 heavy (non-hydrogen) atoms. The number of nitrogens with zero attached hydrogens (tertiary/aromatic N) is 6. The van der Waals surface area contributed by atoms with Gasteiger partial charge in [-0.15, -0.1) is 0 Å². The number of rotatable bonds is 26. The van der Waals surface area contributed by atoms with Crippen molar-refractivity contribution in [3.05, 3.63) is 102 Å². The monoisotopic (exact) mass is 1190 g/mol. The van der Waals surface area contributed by atoms with Crippen LogP contribution in [-0.4, -0.2) is 205 Å². The number of nitrogen functional groups attached to an aromatic ring is 1. The van der Waals surface area contributed by atoms with Gasteiger partial charge in [-0.2, -0.15) is 26.3 Å². The van der Waals surface area contributed by atoms with Crippen molar-refractivity contribution in [2.75, 3.05) is 50.0 Å². The SMILES string of the molecule is CCn1c(CN(C=O)c2nc3cc[nH]c3nc2N)[n+](CC)c2ccc(C(=O)NCCc3ccc(-c4ccc(CCN(C[C@H](O)[C@@H](O)[C@H](O)[C@H](O)CO)C[C@H](O)[C@@H](O)[C@H](O)[C@H](O)CO)cc4)cc3)cc21.O=C(O)C(F)(F)F.O=C([O-])C(F)(F)F. The van der Waals surface area contributed by atoms with Crippen LogP contribution in [0.4, 0.5) is 38.0 Å². The molecule has 0 aliphatic rings. The number of carboxylic acid groups (broad SMARTS) is 2. The van der Waals surface area contributed by atoms with Crippen LogP contribution in [0.3, 0.4) is 0 Å². The number of aryl methyl sites for hydroxylation is 2. The van der Waals surface area contributed by atoms with Gasteiger partial charge in [0.1, 0.15) is 54.7 Å². The number of carbonyl (C=O) groups is 4. The van der Waals surface area contributed by atoms with Crippen LogP contribution in [-0.2, 0) is 46.9 Å². The standard InChI is InChI=1S/C48H63N9O12.2C2HF3O2/c1-3-56-34-14-13-32(21-35(34)57(4-2)40(56)24-55(27-60)47-45(49)53-46-33(52-47)16-19-50-46)48(69)51-18-15-28-5-9-30(10-6-28)31-11-7-29(8-12-31)17-20-54(22-36(61)41(65)43(67)38(63)25-58)23-37(62)42(66)44(68)39(64)26-59;2*3-2(4,5)1(6)7/h5-14,16,19,21,27,36-39,41-44,58-59,61-68H,3-4,15,17-18,20,22-26H2,1-2H3,(H3-,49,50,51,52,53,69);2*(H,6,7)/t36-,37-,38+,39+,41+,42+,43+,44+;;/m0../s1. The topological polar surface area (TPSA) is 409 Å². The minimum Gasteiger partial charge on any atom is -0.542 e. The molecule has 25 nitrogen and oxygen atoms in total. The number of H-pyrrole nitrogens is 1. The van der Waals surface area contributed by atoms with Gasteiger partial charge in [-0.25, -0.2) is 23.9 Å². The number of aliphatic hydroxyl groups is 10. The normalized spacial score (nSPS) is 14.7. The highest BCUT2D eigenvalue weighted by Crippen LogP contribution is 2.26. The number of carboxylic acids is 2. The number of amides is 2. The number of aliphatic hydroxyl groups excluding tert-OH is 10. The summed E-state index contributed by atoms with van der Waals surface area (Å²) in [6.07, 6.45) is -21.2. The largest absolute Gasteiger partial charge is 0.542 e. The van der Waals surface area contributed by atoms with E-state index in [9.17, 15) is 76.8 Å². The lowest BCUT2D eigenvalue weighted by molar-refractivity contribution is -0.676. The summed E-state index contributed by atoms with van der Waals surface area (Å²) in [6.45, 7) is 3.47. The number of alkyl halides is 6. The third-order valence-corrected chi connectivity index (χ3v) is 12.8. The minimum absolute atomic E-state index is 0.120. The number of hydrogen-bond donors (Lipinski definition) is 14. The van der Waals surface area contributed by atoms with E-state index in [0.717, 1.165) is 39.1 Å². The first-order valence-corrected chi connectivity index (χ1v) is 25.3. The first-order chi connectivity index (χ1) is 39.0. The molecule has 6 aromatic rings. The molecule has 6 rings (SSSR count). The molecule has 0 saturated heterocycles. The lowest BCUT2D eigenvalue weighted by Gasteiger charge is -2.33. The van der Waals surface area contributed by atoms with Gasteiger partial charge in [-0.1, -0.05) is 48.5 Å². The molecule has 0 bridgehead atoms. The summed E-state index contributed by atoms with van der Waals surface area (Å²) in [7, 11) is 0. The van der Waals surface area contributed by atoms with E-state index in [4.69, 9.17) is 35.7 Å². The molecule has 3 heterocycles. The molecule has 0 aliphatic heterocycles. The summed E-state index contributed by atoms with van der Waals surface area (Å²) >= 11 is 0. The van der Waals surface area contributed by atoms with Crippen molar-refractivity contribution in [1.82, 2.24) is 29.7 Å². The molecule has 0 saturated carbocycles. The number of fused-ring (bicyclic) bond motifs is 2. The van der Waals surface area contributed by atoms with E-state index in [1.54, 1.807) is 18.3 Å². The van der Waals surface area contributed by atoms with Crippen LogP contribution in [0.5, 0.6) is 0 Å². The fraction of sp³-hybridized carbons (Fsp3) is 0.442. The van der Waals surface area contributed by atoms with Crippen LogP contribution in [0.25, 0.3) is 33.3 Å². The number of benzene rings is 3. The summed E-state index contributed by atoms with van der Waals surface area (Å²) in [4.78, 5) is 58.4. The highest BCUT2D eigenvalue weighted by atomic mass is 19.4. The van der Waals surface area contributed by atoms with Crippen molar-refractivity contribution in [2.24, 2.45) is 0 Å². The zero-order chi connectivity index (χ0) is 62.1. The van der Waals surface area contributed by atoms with Crippen molar-refractivity contribution < 1.29 is 111 Å². The summed E-state index contributed by atoms with van der Waals surface area (Å²) in [6, 6.07) is 22.9. The number of nitrogens with two attached hydrogens (primary N) is 1. The van der Waals surface area contributed by atoms with E-state index in [1.165, 1.54) is 9.80 Å². The van der Waals surface area contributed by atoms with Crippen LogP contribution in [0.15, 0.2) is 79.0 Å². The lowest BCUT2D eigenvalue weighted by Crippen LogP contribution is -2.53. The van der Waals surface area contributed by atoms with Gasteiger partial charge in [0.05, 0.1) is 38.5 Å². The Balaban J connectivity index is 0.000000936. The average molecular weight is 1190 g/mol. The minimum atomic E-state index is -5.19. The molecule has 0 spiro atoms. The van der Waals surface area contributed by atoms with Crippen LogP contribution in [0.2, 0.25) is 0 Å². The van der Waals surface area contributed by atoms with Crippen molar-refractivity contribution in [2.45, 2.75) is 108 Å². The zero-order valence-corrected chi connectivity index (χ0v) is 44.5.